The number of ether oxygens (including phenoxy) is 16. The number of hydrogen-bond donors (Lipinski definition) is 0. The predicted molar refractivity (Wildman–Crippen MR) is 446 cm³/mol. The maximum Gasteiger partial charge on any atom is 0.683 e. The molecule has 0 spiro atoms. The van der Waals surface area contributed by atoms with Gasteiger partial charge in [0.05, 0.1) is 106 Å². The van der Waals surface area contributed by atoms with Crippen LogP contribution in [0.15, 0.2) is 0 Å². The lowest BCUT2D eigenvalue weighted by Crippen LogP contribution is -2.83. The molecular weight excluding hydrogens is 1780 g/mol. The first-order valence-electron chi connectivity index (χ1n) is 41.9. The van der Waals surface area contributed by atoms with E-state index >= 15 is 0 Å². The van der Waals surface area contributed by atoms with E-state index in [9.17, 15) is 0 Å². The zero-order valence-corrected chi connectivity index (χ0v) is 87.2. The lowest BCUT2D eigenvalue weighted by atomic mass is 10.5. The van der Waals surface area contributed by atoms with Crippen LogP contribution in [0, 0.1) is 0 Å². The fraction of sp³-hybridized carbons (Fsp3) is 1.00. The zero-order chi connectivity index (χ0) is 81.8. The van der Waals surface area contributed by atoms with Crippen LogP contribution in [0.25, 0.3) is 0 Å². The molecule has 115 heavy (non-hydrogen) atoms. The van der Waals surface area contributed by atoms with Gasteiger partial charge in [-0.25, -0.2) is 9.15 Å². The van der Waals surface area contributed by atoms with Gasteiger partial charge in [-0.2, -0.15) is 0 Å². The number of epoxide rings is 8. The van der Waals surface area contributed by atoms with Gasteiger partial charge in [0.15, 0.2) is 66.5 Å². The van der Waals surface area contributed by atoms with Crippen LogP contribution in [-0.4, -0.2) is 346 Å². The summed E-state index contributed by atoms with van der Waals surface area (Å²) in [6.07, 6.45) is 5.20. The van der Waals surface area contributed by atoms with Crippen molar-refractivity contribution in [3.05, 3.63) is 0 Å². The van der Waals surface area contributed by atoms with E-state index in [0.29, 0.717) is 258 Å². The summed E-state index contributed by atoms with van der Waals surface area (Å²) < 4.78 is 248. The number of rotatable bonds is 64. The monoisotopic (exact) mass is 1910 g/mol. The highest BCUT2D eigenvalue weighted by Crippen LogP contribution is 2.52. The highest BCUT2D eigenvalue weighted by Gasteiger charge is 2.91. The molecule has 0 aromatic heterocycles. The summed E-state index contributed by atoms with van der Waals surface area (Å²) in [5, 5.41) is 0. The van der Waals surface area contributed by atoms with Crippen molar-refractivity contribution < 1.29 is 155 Å². The van der Waals surface area contributed by atoms with Gasteiger partial charge in [0.2, 0.25) is 0 Å². The molecule has 14 atom stereocenters. The topological polar surface area (TPSA) is 349 Å². The van der Waals surface area contributed by atoms with Crippen LogP contribution in [0.1, 0.15) is 51.4 Å². The molecule has 0 aromatic carbocycles. The van der Waals surface area contributed by atoms with Gasteiger partial charge in [0.25, 0.3) is 0 Å². The number of fused-ring (bicyclic) bond motifs is 4. The minimum Gasteiger partial charge on any atom is -0.414 e. The molecule has 5 bridgehead atoms. The SMILES string of the molecule is C[Si](C)(CCCOCC1CO1)O[Si]1O[Si]2(O[Si](C)(C)CCCOCC3CO3)O[Si]3(O[Si](C)(C)CCCOCC4CO4)OO[Si]4(O[Si](C)(C)CCCOCC5CO5)O[Si](O[Si](C)(C)CCCOCC5CO5)(O2)O[Si](O[Si](C)(C)CCCOCC2CO2)(O1)O[Si]4(O[Si](C)(C)CCCOCC1CO1)O[Si](O[Si](C)(C)CCCOCC1CO1)O3. The van der Waals surface area contributed by atoms with Gasteiger partial charge in [0, 0.05) is 52.9 Å². The standard InChI is InChI=1S/C64H136O35Si16/c1-102(2,33-17-25-65-41-57-49-73-57)83-100-86-111(90-105(7,8)36-20-28-68-44-60-52-76-60)95-110(89-104(5,6)35-19-27-67-43-59-51-75-59)81-82-114(93-108(13,14)39-23-31-71-47-63-55-79-63)99-113(96-111,92-107(11,12)38-22-30-70-46-62-54-78-62)97-112(87-100,91-106(9,10)37-21-29-69-45-61-53-77-61)98-115(114,94-109(15,16)40-24-32-72-48-64-56-80-64)88-101(85-110)84-103(3,4)34-18-26-66-42-58-50-74-58/h57-64H,17-56H2,1-16H3. The van der Waals surface area contributed by atoms with E-state index in [4.69, 9.17) is 155 Å². The van der Waals surface area contributed by atoms with Crippen LogP contribution in [0.2, 0.25) is 153 Å². The van der Waals surface area contributed by atoms with Gasteiger partial charge in [0.1, 0.15) is 48.8 Å². The molecule has 0 N–H and O–H groups in total. The van der Waals surface area contributed by atoms with Crippen LogP contribution in [0.5, 0.6) is 0 Å². The van der Waals surface area contributed by atoms with Crippen LogP contribution < -0.4 is 0 Å². The molecule has 12 fully saturated rings. The lowest BCUT2D eigenvalue weighted by molar-refractivity contribution is -0.210. The van der Waals surface area contributed by atoms with E-state index in [2.05, 4.69) is 105 Å². The Kier molecular flexibility index (Phi) is 35.2. The van der Waals surface area contributed by atoms with Crippen LogP contribution in [-0.2, 0) is 155 Å². The Morgan fingerprint density at radius 3 is 0.730 bits per heavy atom. The third-order valence-electron chi connectivity index (χ3n) is 20.1. The molecule has 2 radical (unpaired) electrons. The Morgan fingerprint density at radius 2 is 0.443 bits per heavy atom. The molecular formula is C64H136O35Si16. The molecule has 12 aliphatic heterocycles. The van der Waals surface area contributed by atoms with E-state index in [-0.39, 0.29) is 48.8 Å². The average molecular weight is 1920 g/mol. The summed E-state index contributed by atoms with van der Waals surface area (Å²) in [5.41, 5.74) is 0. The van der Waals surface area contributed by atoms with Crippen molar-refractivity contribution in [3.63, 3.8) is 0 Å². The molecule has 12 rings (SSSR count). The van der Waals surface area contributed by atoms with Crippen LogP contribution >= 0.6 is 0 Å². The molecule has 12 heterocycles. The molecule has 0 amide bonds. The second-order valence-electron chi connectivity index (χ2n) is 36.7. The van der Waals surface area contributed by atoms with Crippen molar-refractivity contribution in [2.45, 2.75) is 253 Å². The van der Waals surface area contributed by atoms with E-state index < -0.39 is 138 Å². The van der Waals surface area contributed by atoms with E-state index in [0.717, 1.165) is 0 Å². The van der Waals surface area contributed by atoms with Crippen molar-refractivity contribution in [2.24, 2.45) is 0 Å². The summed E-state index contributed by atoms with van der Waals surface area (Å²) in [6.45, 7) is 46.0. The molecule has 0 aromatic rings. The summed E-state index contributed by atoms with van der Waals surface area (Å²) in [6, 6.07) is 4.11. The fourth-order valence-corrected chi connectivity index (χ4v) is 89.5. The minimum atomic E-state index is -5.63. The van der Waals surface area contributed by atoms with Gasteiger partial charge in [-0.15, -0.1) is 0 Å². The Morgan fingerprint density at radius 1 is 0.235 bits per heavy atom. The van der Waals surface area contributed by atoms with Crippen molar-refractivity contribution in [3.8, 4) is 0 Å². The smallest absolute Gasteiger partial charge is 0.414 e. The molecule has 51 heteroatoms. The van der Waals surface area contributed by atoms with Gasteiger partial charge >= 0.3 is 71.9 Å². The average Bonchev–Trinajstić information content (AvgIpc) is 1.47. The zero-order valence-electron chi connectivity index (χ0n) is 71.2. The minimum absolute atomic E-state index is 0.0515. The lowest BCUT2D eigenvalue weighted by Gasteiger charge is -2.51. The Labute approximate surface area is 700 Å². The highest BCUT2D eigenvalue weighted by molar-refractivity contribution is 7.33. The van der Waals surface area contributed by atoms with Crippen LogP contribution in [0.4, 0.5) is 0 Å². The first-order chi connectivity index (χ1) is 54.4. The second-order valence-corrected chi connectivity index (χ2v) is 93.9. The molecule has 14 unspecified atom stereocenters. The van der Waals surface area contributed by atoms with Gasteiger partial charge in [-0.1, -0.05) is 0 Å². The summed E-state index contributed by atoms with van der Waals surface area (Å²) >= 11 is 0. The molecule has 0 aliphatic carbocycles. The summed E-state index contributed by atoms with van der Waals surface area (Å²) in [5.74, 6) is 0. The van der Waals surface area contributed by atoms with Crippen molar-refractivity contribution >= 4 is 138 Å². The predicted octanol–water partition coefficient (Wildman–Crippen LogP) is 8.02. The molecule has 666 valence electrons. The number of hydrogen-bond acceptors (Lipinski definition) is 35. The first kappa shape index (κ1) is 96.2. The van der Waals surface area contributed by atoms with Crippen molar-refractivity contribution in [1.29, 1.82) is 0 Å². The Hall–Kier alpha value is 2.07. The van der Waals surface area contributed by atoms with E-state index in [1.807, 2.05) is 0 Å². The third kappa shape index (κ3) is 34.2. The van der Waals surface area contributed by atoms with Gasteiger partial charge in [-0.3, -0.25) is 0 Å². The quantitative estimate of drug-likeness (QED) is 0.0240. The summed E-state index contributed by atoms with van der Waals surface area (Å²) in [4.78, 5) is 0. The largest absolute Gasteiger partial charge is 0.683 e. The molecule has 12 saturated heterocycles. The highest BCUT2D eigenvalue weighted by atomic mass is 29.3. The van der Waals surface area contributed by atoms with Gasteiger partial charge < -0.3 is 146 Å². The normalized spacial score (nSPS) is 32.9. The molecule has 12 aliphatic rings. The third-order valence-corrected chi connectivity index (χ3v) is 83.2. The van der Waals surface area contributed by atoms with E-state index in [1.165, 1.54) is 0 Å². The summed E-state index contributed by atoms with van der Waals surface area (Å²) in [7, 11) is -66.9. The van der Waals surface area contributed by atoms with Crippen molar-refractivity contribution in [2.75, 3.05) is 159 Å². The fourth-order valence-electron chi connectivity index (χ4n) is 13.2. The van der Waals surface area contributed by atoms with Crippen LogP contribution in [0.3, 0.4) is 0 Å². The maximum atomic E-state index is 8.50. The molecule has 35 nitrogen and oxygen atoms in total. The van der Waals surface area contributed by atoms with Gasteiger partial charge in [-0.05, 0) is 204 Å². The maximum absolute atomic E-state index is 8.50. The van der Waals surface area contributed by atoms with Crippen molar-refractivity contribution in [1.82, 2.24) is 0 Å². The Bertz CT molecular complexity index is 2950. The first-order valence-corrected chi connectivity index (χ1v) is 80.3. The molecule has 0 saturated carbocycles. The second kappa shape index (κ2) is 42.1. The Balaban J connectivity index is 1.08. The van der Waals surface area contributed by atoms with E-state index in [1.54, 1.807) is 0 Å².